The standard InChI is InChI=1S/C26H26N2O3S/c1-16(25(29)27-18-7-2-3-8-18)31-26(30)23-20-10-4-5-11-22(20)28-24-17(12-13-21(23)24)15-19-9-6-14-32-19/h4-6,9-11,14-16,18H,2-3,7-8,12-13H2,1H3,(H,27,29). The molecule has 0 saturated heterocycles. The molecular formula is C26H26N2O3S. The number of rotatable bonds is 5. The second kappa shape index (κ2) is 8.87. The fraction of sp³-hybridized carbons (Fsp3) is 0.346. The van der Waals surface area contributed by atoms with Gasteiger partial charge in [-0.25, -0.2) is 9.78 Å². The highest BCUT2D eigenvalue weighted by atomic mass is 32.1. The third-order valence-electron chi connectivity index (χ3n) is 6.36. The van der Waals surface area contributed by atoms with E-state index in [-0.39, 0.29) is 11.9 Å². The van der Waals surface area contributed by atoms with Crippen LogP contribution in [0.15, 0.2) is 41.8 Å². The maximum atomic E-state index is 13.3. The van der Waals surface area contributed by atoms with Gasteiger partial charge in [-0.2, -0.15) is 0 Å². The van der Waals surface area contributed by atoms with Crippen molar-refractivity contribution in [2.45, 2.75) is 57.6 Å². The Morgan fingerprint density at radius 3 is 2.75 bits per heavy atom. The predicted octanol–water partition coefficient (Wildman–Crippen LogP) is 5.39. The Balaban J connectivity index is 1.47. The number of carbonyl (C=O) groups is 2. The number of nitrogens with zero attached hydrogens (tertiary/aromatic N) is 1. The smallest absolute Gasteiger partial charge is 0.339 e. The number of para-hydroxylation sites is 1. The van der Waals surface area contributed by atoms with Crippen LogP contribution in [0.5, 0.6) is 0 Å². The first kappa shape index (κ1) is 20.9. The Labute approximate surface area is 191 Å². The summed E-state index contributed by atoms with van der Waals surface area (Å²) in [4.78, 5) is 32.0. The molecule has 2 aliphatic carbocycles. The van der Waals surface area contributed by atoms with Gasteiger partial charge in [-0.3, -0.25) is 4.79 Å². The van der Waals surface area contributed by atoms with Crippen LogP contribution in [-0.2, 0) is 16.0 Å². The van der Waals surface area contributed by atoms with Gasteiger partial charge in [0.2, 0.25) is 0 Å². The fourth-order valence-corrected chi connectivity index (χ4v) is 5.40. The summed E-state index contributed by atoms with van der Waals surface area (Å²) < 4.78 is 5.69. The molecule has 2 aromatic heterocycles. The number of nitrogens with one attached hydrogen (secondary N) is 1. The van der Waals surface area contributed by atoms with Crippen LogP contribution in [0.1, 0.15) is 65.5 Å². The summed E-state index contributed by atoms with van der Waals surface area (Å²) in [6.07, 6.45) is 7.14. The number of esters is 1. The Bertz CT molecular complexity index is 1190. The number of allylic oxidation sites excluding steroid dienone is 1. The summed E-state index contributed by atoms with van der Waals surface area (Å²) in [5.41, 5.74) is 4.22. The molecule has 3 aromatic rings. The van der Waals surface area contributed by atoms with E-state index >= 15 is 0 Å². The summed E-state index contributed by atoms with van der Waals surface area (Å²) in [7, 11) is 0. The molecule has 164 valence electrons. The van der Waals surface area contributed by atoms with E-state index in [9.17, 15) is 9.59 Å². The van der Waals surface area contributed by atoms with E-state index in [1.165, 1.54) is 4.88 Å². The lowest BCUT2D eigenvalue weighted by Crippen LogP contribution is -2.41. The Kier molecular flexibility index (Phi) is 5.79. The predicted molar refractivity (Wildman–Crippen MR) is 128 cm³/mol. The molecule has 5 nitrogen and oxygen atoms in total. The molecule has 1 N–H and O–H groups in total. The first-order chi connectivity index (χ1) is 15.6. The number of benzene rings is 1. The van der Waals surface area contributed by atoms with Gasteiger partial charge in [-0.15, -0.1) is 11.3 Å². The second-order valence-electron chi connectivity index (χ2n) is 8.55. The number of carbonyl (C=O) groups excluding carboxylic acids is 2. The monoisotopic (exact) mass is 446 g/mol. The fourth-order valence-electron chi connectivity index (χ4n) is 4.72. The van der Waals surface area contributed by atoms with Crippen molar-refractivity contribution < 1.29 is 14.3 Å². The summed E-state index contributed by atoms with van der Waals surface area (Å²) in [6, 6.07) is 12.0. The van der Waals surface area contributed by atoms with Crippen LogP contribution in [0.25, 0.3) is 22.6 Å². The lowest BCUT2D eigenvalue weighted by Gasteiger charge is -2.18. The van der Waals surface area contributed by atoms with Crippen LogP contribution in [0.2, 0.25) is 0 Å². The molecule has 1 saturated carbocycles. The average molecular weight is 447 g/mol. The molecule has 1 unspecified atom stereocenters. The molecule has 5 rings (SSSR count). The van der Waals surface area contributed by atoms with Crippen molar-refractivity contribution >= 4 is 45.8 Å². The lowest BCUT2D eigenvalue weighted by atomic mass is 10.0. The molecule has 0 spiro atoms. The van der Waals surface area contributed by atoms with Gasteiger partial charge in [0.15, 0.2) is 6.10 Å². The number of pyridine rings is 1. The largest absolute Gasteiger partial charge is 0.449 e. The number of hydrogen-bond acceptors (Lipinski definition) is 5. The zero-order valence-electron chi connectivity index (χ0n) is 18.1. The molecule has 32 heavy (non-hydrogen) atoms. The van der Waals surface area contributed by atoms with E-state index in [2.05, 4.69) is 22.8 Å². The second-order valence-corrected chi connectivity index (χ2v) is 9.53. The average Bonchev–Trinajstić information content (AvgIpc) is 3.56. The number of hydrogen-bond donors (Lipinski definition) is 1. The zero-order chi connectivity index (χ0) is 22.1. The maximum Gasteiger partial charge on any atom is 0.339 e. The number of thiophene rings is 1. The van der Waals surface area contributed by atoms with Crippen LogP contribution in [0.3, 0.4) is 0 Å². The van der Waals surface area contributed by atoms with Gasteiger partial charge in [0.25, 0.3) is 5.91 Å². The van der Waals surface area contributed by atoms with Gasteiger partial charge < -0.3 is 10.1 Å². The van der Waals surface area contributed by atoms with Crippen LogP contribution >= 0.6 is 11.3 Å². The molecule has 1 amide bonds. The van der Waals surface area contributed by atoms with Crippen molar-refractivity contribution in [3.8, 4) is 0 Å². The molecular weight excluding hydrogens is 420 g/mol. The SMILES string of the molecule is CC(OC(=O)c1c2c(nc3ccccc13)C(=Cc1cccs1)CC2)C(=O)NC1CCCC1. The highest BCUT2D eigenvalue weighted by molar-refractivity contribution is 7.10. The molecule has 2 heterocycles. The number of fused-ring (bicyclic) bond motifs is 2. The van der Waals surface area contributed by atoms with Crippen molar-refractivity contribution in [2.24, 2.45) is 0 Å². The summed E-state index contributed by atoms with van der Waals surface area (Å²) in [5.74, 6) is -0.676. The summed E-state index contributed by atoms with van der Waals surface area (Å²) in [6.45, 7) is 1.65. The molecule has 1 aromatic carbocycles. The van der Waals surface area contributed by atoms with Crippen LogP contribution in [0.4, 0.5) is 0 Å². The third-order valence-corrected chi connectivity index (χ3v) is 7.18. The van der Waals surface area contributed by atoms with Crippen molar-refractivity contribution in [3.05, 3.63) is 63.5 Å². The highest BCUT2D eigenvalue weighted by Gasteiger charge is 2.30. The Morgan fingerprint density at radius 2 is 1.97 bits per heavy atom. The summed E-state index contributed by atoms with van der Waals surface area (Å²) in [5, 5.41) is 5.85. The third kappa shape index (κ3) is 4.07. The van der Waals surface area contributed by atoms with E-state index in [1.807, 2.05) is 30.3 Å². The number of ether oxygens (including phenoxy) is 1. The maximum absolute atomic E-state index is 13.3. The number of aromatic nitrogens is 1. The molecule has 6 heteroatoms. The quantitative estimate of drug-likeness (QED) is 0.534. The highest BCUT2D eigenvalue weighted by Crippen LogP contribution is 2.38. The molecule has 2 aliphatic rings. The van der Waals surface area contributed by atoms with Gasteiger partial charge in [0.1, 0.15) is 0 Å². The van der Waals surface area contributed by atoms with Crippen LogP contribution in [-0.4, -0.2) is 29.0 Å². The minimum Gasteiger partial charge on any atom is -0.449 e. The minimum atomic E-state index is -0.840. The van der Waals surface area contributed by atoms with E-state index in [4.69, 9.17) is 9.72 Å². The first-order valence-corrected chi connectivity index (χ1v) is 12.2. The normalized spacial score (nSPS) is 18.1. The van der Waals surface area contributed by atoms with Gasteiger partial charge in [0.05, 0.1) is 16.8 Å². The molecule has 1 atom stereocenters. The molecule has 1 fully saturated rings. The van der Waals surface area contributed by atoms with E-state index in [1.54, 1.807) is 18.3 Å². The Morgan fingerprint density at radius 1 is 1.16 bits per heavy atom. The minimum absolute atomic E-state index is 0.194. The van der Waals surface area contributed by atoms with Crippen LogP contribution < -0.4 is 5.32 Å². The van der Waals surface area contributed by atoms with Crippen molar-refractivity contribution in [3.63, 3.8) is 0 Å². The Hall–Kier alpha value is -2.99. The van der Waals surface area contributed by atoms with Gasteiger partial charge in [-0.05, 0) is 67.3 Å². The van der Waals surface area contributed by atoms with E-state index < -0.39 is 12.1 Å². The molecule has 0 radical (unpaired) electrons. The van der Waals surface area contributed by atoms with Crippen molar-refractivity contribution in [1.82, 2.24) is 10.3 Å². The van der Waals surface area contributed by atoms with E-state index in [0.717, 1.165) is 66.3 Å². The van der Waals surface area contributed by atoms with Gasteiger partial charge in [0, 0.05) is 16.3 Å². The molecule has 0 aliphatic heterocycles. The lowest BCUT2D eigenvalue weighted by molar-refractivity contribution is -0.129. The number of amides is 1. The summed E-state index contributed by atoms with van der Waals surface area (Å²) >= 11 is 1.68. The zero-order valence-corrected chi connectivity index (χ0v) is 18.9. The van der Waals surface area contributed by atoms with Gasteiger partial charge in [-0.1, -0.05) is 37.1 Å². The van der Waals surface area contributed by atoms with Gasteiger partial charge >= 0.3 is 5.97 Å². The van der Waals surface area contributed by atoms with E-state index in [0.29, 0.717) is 5.56 Å². The molecule has 0 bridgehead atoms. The van der Waals surface area contributed by atoms with Crippen molar-refractivity contribution in [1.29, 1.82) is 0 Å². The van der Waals surface area contributed by atoms with Crippen molar-refractivity contribution in [2.75, 3.05) is 0 Å². The topological polar surface area (TPSA) is 68.3 Å². The first-order valence-electron chi connectivity index (χ1n) is 11.3. The van der Waals surface area contributed by atoms with Crippen LogP contribution in [0, 0.1) is 0 Å².